The van der Waals surface area contributed by atoms with Gasteiger partial charge in [0.05, 0.1) is 6.10 Å². The Kier molecular flexibility index (Phi) is 4.36. The van der Waals surface area contributed by atoms with Crippen molar-refractivity contribution in [3.05, 3.63) is 30.3 Å². The summed E-state index contributed by atoms with van der Waals surface area (Å²) in [7, 11) is 0. The Hall–Kier alpha value is -1.02. The Morgan fingerprint density at radius 2 is 1.75 bits per heavy atom. The van der Waals surface area contributed by atoms with Crippen molar-refractivity contribution in [1.29, 1.82) is 0 Å². The van der Waals surface area contributed by atoms with Crippen molar-refractivity contribution >= 4 is 5.69 Å². The second-order valence-corrected chi connectivity index (χ2v) is 5.53. The molecule has 0 bridgehead atoms. The molecule has 2 N–H and O–H groups in total. The summed E-state index contributed by atoms with van der Waals surface area (Å²) in [5.41, 5.74) is 1.06. The van der Waals surface area contributed by atoms with Gasteiger partial charge in [0.2, 0.25) is 0 Å². The Labute approximate surface area is 98.7 Å². The van der Waals surface area contributed by atoms with Gasteiger partial charge in [-0.05, 0) is 30.9 Å². The van der Waals surface area contributed by atoms with Crippen molar-refractivity contribution in [3.8, 4) is 0 Å². The predicted octanol–water partition coefficient (Wildman–Crippen LogP) is 3.28. The van der Waals surface area contributed by atoms with Gasteiger partial charge >= 0.3 is 0 Å². The third kappa shape index (κ3) is 4.23. The number of benzene rings is 1. The van der Waals surface area contributed by atoms with Crippen LogP contribution in [-0.2, 0) is 0 Å². The van der Waals surface area contributed by atoms with Crippen LogP contribution in [0.5, 0.6) is 0 Å². The third-order valence-electron chi connectivity index (χ3n) is 2.76. The van der Waals surface area contributed by atoms with Crippen LogP contribution in [0.3, 0.4) is 0 Å². The molecule has 0 aliphatic rings. The van der Waals surface area contributed by atoms with Gasteiger partial charge in [0, 0.05) is 11.7 Å². The largest absolute Gasteiger partial charge is 0.393 e. The van der Waals surface area contributed by atoms with Crippen molar-refractivity contribution in [2.45, 2.75) is 46.3 Å². The van der Waals surface area contributed by atoms with E-state index in [0.29, 0.717) is 0 Å². The zero-order valence-electron chi connectivity index (χ0n) is 10.7. The van der Waals surface area contributed by atoms with E-state index in [0.717, 1.165) is 12.1 Å². The van der Waals surface area contributed by atoms with Crippen LogP contribution in [0.1, 0.15) is 34.1 Å². The van der Waals surface area contributed by atoms with Gasteiger partial charge in [0.1, 0.15) is 0 Å². The van der Waals surface area contributed by atoms with Crippen LogP contribution in [0.4, 0.5) is 5.69 Å². The van der Waals surface area contributed by atoms with E-state index in [1.807, 2.05) is 30.3 Å². The quantitative estimate of drug-likeness (QED) is 0.817. The molecular weight excluding hydrogens is 198 g/mol. The summed E-state index contributed by atoms with van der Waals surface area (Å²) in [5, 5.41) is 13.4. The Balaban J connectivity index is 2.45. The second kappa shape index (κ2) is 5.35. The second-order valence-electron chi connectivity index (χ2n) is 5.53. The highest BCUT2D eigenvalue weighted by Gasteiger charge is 2.23. The van der Waals surface area contributed by atoms with E-state index >= 15 is 0 Å². The van der Waals surface area contributed by atoms with Gasteiger partial charge < -0.3 is 10.4 Å². The predicted molar refractivity (Wildman–Crippen MR) is 69.6 cm³/mol. The van der Waals surface area contributed by atoms with Crippen molar-refractivity contribution in [2.24, 2.45) is 5.41 Å². The molecule has 90 valence electrons. The van der Waals surface area contributed by atoms with Crippen LogP contribution >= 0.6 is 0 Å². The molecule has 2 nitrogen and oxygen atoms in total. The maximum atomic E-state index is 9.99. The first-order valence-electron chi connectivity index (χ1n) is 5.89. The van der Waals surface area contributed by atoms with E-state index < -0.39 is 0 Å². The number of hydrogen-bond acceptors (Lipinski definition) is 2. The van der Waals surface area contributed by atoms with Gasteiger partial charge in [0.25, 0.3) is 0 Å². The molecule has 16 heavy (non-hydrogen) atoms. The molecule has 2 atom stereocenters. The highest BCUT2D eigenvalue weighted by Crippen LogP contribution is 2.23. The average Bonchev–Trinajstić information content (AvgIpc) is 2.17. The molecule has 0 radical (unpaired) electrons. The van der Waals surface area contributed by atoms with Crippen molar-refractivity contribution in [1.82, 2.24) is 0 Å². The molecule has 0 saturated carbocycles. The molecule has 0 spiro atoms. The van der Waals surface area contributed by atoms with Crippen LogP contribution in [0.2, 0.25) is 0 Å². The lowest BCUT2D eigenvalue weighted by Crippen LogP contribution is -2.32. The summed E-state index contributed by atoms with van der Waals surface area (Å²) < 4.78 is 0. The van der Waals surface area contributed by atoms with Crippen LogP contribution < -0.4 is 5.32 Å². The van der Waals surface area contributed by atoms with Crippen LogP contribution in [0.25, 0.3) is 0 Å². The van der Waals surface area contributed by atoms with Crippen molar-refractivity contribution in [2.75, 3.05) is 5.32 Å². The van der Waals surface area contributed by atoms with E-state index in [9.17, 15) is 5.11 Å². The minimum Gasteiger partial charge on any atom is -0.393 e. The van der Waals surface area contributed by atoms with E-state index in [-0.39, 0.29) is 17.6 Å². The molecule has 2 heteroatoms. The summed E-state index contributed by atoms with van der Waals surface area (Å²) in [6.07, 6.45) is 0.483. The van der Waals surface area contributed by atoms with E-state index in [2.05, 4.69) is 33.0 Å². The monoisotopic (exact) mass is 221 g/mol. The SMILES string of the molecule is CC(CC(O)C(C)(C)C)Nc1ccccc1. The Bertz CT molecular complexity index is 302. The van der Waals surface area contributed by atoms with Gasteiger partial charge in [-0.3, -0.25) is 0 Å². The standard InChI is InChI=1S/C14H23NO/c1-11(10-13(16)14(2,3)4)15-12-8-6-5-7-9-12/h5-9,11,13,15-16H,10H2,1-4H3. The normalized spacial score (nSPS) is 15.6. The number of rotatable bonds is 4. The minimum atomic E-state index is -0.279. The number of nitrogens with one attached hydrogen (secondary N) is 1. The lowest BCUT2D eigenvalue weighted by molar-refractivity contribution is 0.0527. The van der Waals surface area contributed by atoms with Gasteiger partial charge in [-0.1, -0.05) is 39.0 Å². The molecule has 0 saturated heterocycles. The van der Waals surface area contributed by atoms with E-state index in [4.69, 9.17) is 0 Å². The molecule has 0 aliphatic carbocycles. The Morgan fingerprint density at radius 1 is 1.19 bits per heavy atom. The Morgan fingerprint density at radius 3 is 2.25 bits per heavy atom. The first-order valence-corrected chi connectivity index (χ1v) is 5.89. The number of hydrogen-bond donors (Lipinski definition) is 2. The molecule has 1 aromatic rings. The van der Waals surface area contributed by atoms with E-state index in [1.54, 1.807) is 0 Å². The van der Waals surface area contributed by atoms with Gasteiger partial charge in [-0.25, -0.2) is 0 Å². The smallest absolute Gasteiger partial charge is 0.0607 e. The van der Waals surface area contributed by atoms with Crippen LogP contribution in [0, 0.1) is 5.41 Å². The molecule has 0 fully saturated rings. The fourth-order valence-corrected chi connectivity index (χ4v) is 1.57. The number of para-hydroxylation sites is 1. The third-order valence-corrected chi connectivity index (χ3v) is 2.76. The van der Waals surface area contributed by atoms with Gasteiger partial charge in [0.15, 0.2) is 0 Å². The van der Waals surface area contributed by atoms with Crippen LogP contribution in [0.15, 0.2) is 30.3 Å². The summed E-state index contributed by atoms with van der Waals surface area (Å²) in [5.74, 6) is 0. The minimum absolute atomic E-state index is 0.0490. The lowest BCUT2D eigenvalue weighted by atomic mass is 9.85. The first-order chi connectivity index (χ1) is 7.39. The zero-order chi connectivity index (χ0) is 12.2. The lowest BCUT2D eigenvalue weighted by Gasteiger charge is -2.28. The van der Waals surface area contributed by atoms with Crippen molar-refractivity contribution < 1.29 is 5.11 Å². The molecular formula is C14H23NO. The maximum Gasteiger partial charge on any atom is 0.0607 e. The molecule has 0 aromatic heterocycles. The first kappa shape index (κ1) is 13.0. The highest BCUT2D eigenvalue weighted by atomic mass is 16.3. The molecule has 1 rings (SSSR count). The van der Waals surface area contributed by atoms with Gasteiger partial charge in [-0.2, -0.15) is 0 Å². The molecule has 0 aliphatic heterocycles. The molecule has 2 unspecified atom stereocenters. The molecule has 0 amide bonds. The topological polar surface area (TPSA) is 32.3 Å². The van der Waals surface area contributed by atoms with Crippen molar-refractivity contribution in [3.63, 3.8) is 0 Å². The summed E-state index contributed by atoms with van der Waals surface area (Å²) in [6, 6.07) is 10.4. The fourth-order valence-electron chi connectivity index (χ4n) is 1.57. The summed E-state index contributed by atoms with van der Waals surface area (Å²) in [4.78, 5) is 0. The number of aliphatic hydroxyl groups excluding tert-OH is 1. The van der Waals surface area contributed by atoms with E-state index in [1.165, 1.54) is 0 Å². The highest BCUT2D eigenvalue weighted by molar-refractivity contribution is 5.43. The number of anilines is 1. The molecule has 0 heterocycles. The summed E-state index contributed by atoms with van der Waals surface area (Å²) >= 11 is 0. The maximum absolute atomic E-state index is 9.99. The van der Waals surface area contributed by atoms with Gasteiger partial charge in [-0.15, -0.1) is 0 Å². The van der Waals surface area contributed by atoms with Crippen LogP contribution in [-0.4, -0.2) is 17.3 Å². The number of aliphatic hydroxyl groups is 1. The molecule has 1 aromatic carbocycles. The summed E-state index contributed by atoms with van der Waals surface area (Å²) in [6.45, 7) is 8.29. The zero-order valence-corrected chi connectivity index (χ0v) is 10.7. The average molecular weight is 221 g/mol. The fraction of sp³-hybridized carbons (Fsp3) is 0.571.